The average molecular weight is 365 g/mol. The highest BCUT2D eigenvalue weighted by molar-refractivity contribution is 5.92. The van der Waals surface area contributed by atoms with Gasteiger partial charge in [0.05, 0.1) is 32.8 Å². The first-order chi connectivity index (χ1) is 13.2. The zero-order valence-electron chi connectivity index (χ0n) is 16.3. The van der Waals surface area contributed by atoms with Gasteiger partial charge in [0.1, 0.15) is 12.3 Å². The van der Waals surface area contributed by atoms with Crippen molar-refractivity contribution in [2.24, 2.45) is 0 Å². The maximum Gasteiger partial charge on any atom is 0.246 e. The minimum absolute atomic E-state index is 0.0795. The Morgan fingerprint density at radius 1 is 1.15 bits per heavy atom. The fourth-order valence-corrected chi connectivity index (χ4v) is 3.50. The van der Waals surface area contributed by atoms with E-state index in [-0.39, 0.29) is 5.91 Å². The van der Waals surface area contributed by atoms with Crippen LogP contribution in [-0.2, 0) is 11.3 Å². The smallest absolute Gasteiger partial charge is 0.246 e. The van der Waals surface area contributed by atoms with Crippen LogP contribution >= 0.6 is 0 Å². The Labute approximate surface area is 162 Å². The molecule has 142 valence electrons. The molecule has 0 bridgehead atoms. The minimum Gasteiger partial charge on any atom is -0.493 e. The van der Waals surface area contributed by atoms with E-state index in [0.717, 1.165) is 44.0 Å². The molecule has 0 saturated carbocycles. The van der Waals surface area contributed by atoms with Gasteiger partial charge in [-0.25, -0.2) is 0 Å². The van der Waals surface area contributed by atoms with Crippen molar-refractivity contribution >= 4 is 12.0 Å². The lowest BCUT2D eigenvalue weighted by Crippen LogP contribution is -3.13. The number of nitrogens with one attached hydrogen (secondary N) is 1. The lowest BCUT2D eigenvalue weighted by Gasteiger charge is -2.31. The van der Waals surface area contributed by atoms with Gasteiger partial charge >= 0.3 is 0 Å². The molecule has 4 nitrogen and oxygen atoms in total. The lowest BCUT2D eigenvalue weighted by atomic mass is 10.1. The van der Waals surface area contributed by atoms with Crippen LogP contribution in [0.25, 0.3) is 6.08 Å². The molecule has 0 spiro atoms. The number of nitrogens with zero attached hydrogens (tertiary/aromatic N) is 1. The van der Waals surface area contributed by atoms with E-state index >= 15 is 0 Å². The fraction of sp³-hybridized carbons (Fsp3) is 0.348. The Morgan fingerprint density at radius 2 is 1.93 bits per heavy atom. The number of amides is 1. The molecule has 2 aromatic carbocycles. The van der Waals surface area contributed by atoms with Crippen molar-refractivity contribution in [2.75, 3.05) is 32.8 Å². The Hall–Kier alpha value is -2.59. The number of carbonyl (C=O) groups is 1. The molecule has 1 N–H and O–H groups in total. The molecule has 1 heterocycles. The SMILES string of the molecule is CCOc1ccccc1/C=C/C(=O)N1CC[NH+](Cc2cccc(C)c2)CC1. The van der Waals surface area contributed by atoms with Gasteiger partial charge in [-0.2, -0.15) is 0 Å². The zero-order chi connectivity index (χ0) is 19.1. The van der Waals surface area contributed by atoms with Crippen LogP contribution in [0.3, 0.4) is 0 Å². The van der Waals surface area contributed by atoms with Crippen molar-refractivity contribution in [3.05, 3.63) is 71.3 Å². The first-order valence-electron chi connectivity index (χ1n) is 9.73. The fourth-order valence-electron chi connectivity index (χ4n) is 3.50. The molecule has 1 saturated heterocycles. The summed E-state index contributed by atoms with van der Waals surface area (Å²) in [6.45, 7) is 9.32. The number of benzene rings is 2. The molecule has 1 fully saturated rings. The largest absolute Gasteiger partial charge is 0.493 e. The maximum atomic E-state index is 12.5. The first-order valence-corrected chi connectivity index (χ1v) is 9.73. The predicted molar refractivity (Wildman–Crippen MR) is 109 cm³/mol. The molecular weight excluding hydrogens is 336 g/mol. The van der Waals surface area contributed by atoms with E-state index in [1.807, 2.05) is 42.2 Å². The van der Waals surface area contributed by atoms with Gasteiger partial charge in [0.25, 0.3) is 0 Å². The molecule has 1 amide bonds. The summed E-state index contributed by atoms with van der Waals surface area (Å²) in [6, 6.07) is 16.5. The highest BCUT2D eigenvalue weighted by Crippen LogP contribution is 2.19. The predicted octanol–water partition coefficient (Wildman–Crippen LogP) is 2.33. The summed E-state index contributed by atoms with van der Waals surface area (Å²) in [5.41, 5.74) is 3.62. The molecule has 2 aromatic rings. The van der Waals surface area contributed by atoms with Crippen LogP contribution in [0.5, 0.6) is 5.75 Å². The number of carbonyl (C=O) groups excluding carboxylic acids is 1. The number of quaternary nitrogens is 1. The number of ether oxygens (including phenoxy) is 1. The Kier molecular flexibility index (Phi) is 6.66. The molecule has 1 aliphatic heterocycles. The summed E-state index contributed by atoms with van der Waals surface area (Å²) in [5.74, 6) is 0.896. The molecule has 4 heteroatoms. The molecule has 0 unspecified atom stereocenters. The van der Waals surface area contributed by atoms with Gasteiger partial charge in [0.15, 0.2) is 0 Å². The third-order valence-electron chi connectivity index (χ3n) is 4.94. The average Bonchev–Trinajstić information content (AvgIpc) is 2.68. The monoisotopic (exact) mass is 365 g/mol. The second kappa shape index (κ2) is 9.38. The summed E-state index contributed by atoms with van der Waals surface area (Å²) in [5, 5.41) is 0. The van der Waals surface area contributed by atoms with Crippen LogP contribution < -0.4 is 9.64 Å². The van der Waals surface area contributed by atoms with Crippen molar-refractivity contribution in [1.82, 2.24) is 4.90 Å². The van der Waals surface area contributed by atoms with Crippen molar-refractivity contribution in [2.45, 2.75) is 20.4 Å². The third kappa shape index (κ3) is 5.44. The Bertz CT molecular complexity index is 792. The number of hydrogen-bond donors (Lipinski definition) is 1. The van der Waals surface area contributed by atoms with Crippen molar-refractivity contribution in [1.29, 1.82) is 0 Å². The summed E-state index contributed by atoms with van der Waals surface area (Å²) < 4.78 is 5.61. The molecule has 0 radical (unpaired) electrons. The van der Waals surface area contributed by atoms with E-state index in [2.05, 4.69) is 31.2 Å². The third-order valence-corrected chi connectivity index (χ3v) is 4.94. The number of piperazine rings is 1. The van der Waals surface area contributed by atoms with E-state index in [4.69, 9.17) is 4.74 Å². The topological polar surface area (TPSA) is 34.0 Å². The Balaban J connectivity index is 1.53. The van der Waals surface area contributed by atoms with Gasteiger partial charge in [-0.3, -0.25) is 4.79 Å². The van der Waals surface area contributed by atoms with Crippen molar-refractivity contribution < 1.29 is 14.4 Å². The van der Waals surface area contributed by atoms with E-state index in [9.17, 15) is 4.79 Å². The Morgan fingerprint density at radius 3 is 2.67 bits per heavy atom. The summed E-state index contributed by atoms with van der Waals surface area (Å²) in [4.78, 5) is 16.0. The molecular formula is C23H29N2O2+. The number of rotatable bonds is 6. The van der Waals surface area contributed by atoms with Gasteiger partial charge < -0.3 is 14.5 Å². The lowest BCUT2D eigenvalue weighted by molar-refractivity contribution is -0.917. The highest BCUT2D eigenvalue weighted by Gasteiger charge is 2.22. The van der Waals surface area contributed by atoms with Crippen LogP contribution in [-0.4, -0.2) is 43.6 Å². The van der Waals surface area contributed by atoms with Crippen LogP contribution in [0.1, 0.15) is 23.6 Å². The number of aryl methyl sites for hydroxylation is 1. The standard InChI is InChI=1S/C23H28N2O2/c1-3-27-22-10-5-4-9-21(22)11-12-23(26)25-15-13-24(14-16-25)18-20-8-6-7-19(2)17-20/h4-12,17H,3,13-16,18H2,1-2H3/p+1/b12-11+. The second-order valence-corrected chi connectivity index (χ2v) is 7.05. The van der Waals surface area contributed by atoms with Gasteiger partial charge in [0, 0.05) is 17.2 Å². The van der Waals surface area contributed by atoms with Gasteiger partial charge in [-0.05, 0) is 26.0 Å². The maximum absolute atomic E-state index is 12.5. The number of para-hydroxylation sites is 1. The molecule has 0 atom stereocenters. The van der Waals surface area contributed by atoms with E-state index in [1.54, 1.807) is 6.08 Å². The normalized spacial score (nSPS) is 15.3. The summed E-state index contributed by atoms with van der Waals surface area (Å²) in [7, 11) is 0. The molecule has 0 aliphatic carbocycles. The van der Waals surface area contributed by atoms with Crippen LogP contribution in [0.15, 0.2) is 54.6 Å². The zero-order valence-corrected chi connectivity index (χ0v) is 16.3. The second-order valence-electron chi connectivity index (χ2n) is 7.05. The van der Waals surface area contributed by atoms with E-state index in [0.29, 0.717) is 6.61 Å². The highest BCUT2D eigenvalue weighted by atomic mass is 16.5. The quantitative estimate of drug-likeness (QED) is 0.798. The van der Waals surface area contributed by atoms with Crippen LogP contribution in [0.4, 0.5) is 0 Å². The van der Waals surface area contributed by atoms with Gasteiger partial charge in [-0.1, -0.05) is 48.0 Å². The number of hydrogen-bond acceptors (Lipinski definition) is 2. The molecule has 0 aromatic heterocycles. The minimum atomic E-state index is 0.0795. The summed E-state index contributed by atoms with van der Waals surface area (Å²) >= 11 is 0. The van der Waals surface area contributed by atoms with E-state index in [1.165, 1.54) is 16.0 Å². The van der Waals surface area contributed by atoms with Gasteiger partial charge in [-0.15, -0.1) is 0 Å². The molecule has 27 heavy (non-hydrogen) atoms. The van der Waals surface area contributed by atoms with Crippen LogP contribution in [0.2, 0.25) is 0 Å². The summed E-state index contributed by atoms with van der Waals surface area (Å²) in [6.07, 6.45) is 3.53. The first kappa shape index (κ1) is 19.2. The van der Waals surface area contributed by atoms with Crippen molar-refractivity contribution in [3.63, 3.8) is 0 Å². The van der Waals surface area contributed by atoms with Crippen molar-refractivity contribution in [3.8, 4) is 5.75 Å². The van der Waals surface area contributed by atoms with Crippen LogP contribution in [0, 0.1) is 6.92 Å². The molecule has 3 rings (SSSR count). The van der Waals surface area contributed by atoms with E-state index < -0.39 is 0 Å². The van der Waals surface area contributed by atoms with Gasteiger partial charge in [0.2, 0.25) is 5.91 Å². The molecule has 1 aliphatic rings.